The predicted molar refractivity (Wildman–Crippen MR) is 85.4 cm³/mol. The number of carbonyl (C=O) groups is 3. The van der Waals surface area contributed by atoms with Gasteiger partial charge in [-0.2, -0.15) is 4.73 Å². The molecule has 0 saturated heterocycles. The van der Waals surface area contributed by atoms with E-state index in [9.17, 15) is 19.6 Å². The minimum absolute atomic E-state index is 0.0718. The van der Waals surface area contributed by atoms with Gasteiger partial charge in [-0.05, 0) is 38.1 Å². The number of ketones is 1. The third kappa shape index (κ3) is 4.39. The summed E-state index contributed by atoms with van der Waals surface area (Å²) < 4.78 is 5.60. The highest BCUT2D eigenvalue weighted by atomic mass is 16.5. The fraction of sp³-hybridized carbons (Fsp3) is 0.176. The quantitative estimate of drug-likeness (QED) is 0.390. The lowest BCUT2D eigenvalue weighted by Gasteiger charge is -2.13. The zero-order chi connectivity index (χ0) is 17.7. The van der Waals surface area contributed by atoms with Crippen LogP contribution in [0.3, 0.4) is 0 Å². The fourth-order valence-corrected chi connectivity index (χ4v) is 1.86. The molecule has 0 saturated carbocycles. The lowest BCUT2D eigenvalue weighted by atomic mass is 10.1. The van der Waals surface area contributed by atoms with Crippen LogP contribution in [0, 0.1) is 5.21 Å². The molecular formula is C17H16N2O5. The number of benzene rings is 1. The van der Waals surface area contributed by atoms with Gasteiger partial charge in [0.1, 0.15) is 0 Å². The third-order valence-corrected chi connectivity index (χ3v) is 3.25. The molecule has 1 atom stereocenters. The number of pyridine rings is 1. The van der Waals surface area contributed by atoms with Crippen LogP contribution in [0.2, 0.25) is 0 Å². The van der Waals surface area contributed by atoms with Crippen LogP contribution in [0.1, 0.15) is 34.6 Å². The van der Waals surface area contributed by atoms with E-state index in [1.54, 1.807) is 24.3 Å². The number of ether oxygens (including phenoxy) is 1. The van der Waals surface area contributed by atoms with Gasteiger partial charge in [0.15, 0.2) is 24.3 Å². The number of nitrogens with one attached hydrogen (secondary N) is 1. The van der Waals surface area contributed by atoms with Crippen molar-refractivity contribution in [2.45, 2.75) is 20.0 Å². The number of Topliss-reactive ketones (excluding diaryl/α,β-unsaturated/α-hetero) is 1. The van der Waals surface area contributed by atoms with E-state index >= 15 is 0 Å². The smallest absolute Gasteiger partial charge is 0.339 e. The van der Waals surface area contributed by atoms with Crippen molar-refractivity contribution in [2.75, 3.05) is 5.32 Å². The zero-order valence-electron chi connectivity index (χ0n) is 13.2. The van der Waals surface area contributed by atoms with E-state index in [0.29, 0.717) is 16.0 Å². The van der Waals surface area contributed by atoms with Gasteiger partial charge in [0.25, 0.3) is 5.91 Å². The highest BCUT2D eigenvalue weighted by Gasteiger charge is 2.19. The van der Waals surface area contributed by atoms with Crippen molar-refractivity contribution in [2.24, 2.45) is 0 Å². The Kier molecular flexibility index (Phi) is 5.26. The van der Waals surface area contributed by atoms with Crippen LogP contribution >= 0.6 is 0 Å². The van der Waals surface area contributed by atoms with Crippen LogP contribution in [0.15, 0.2) is 48.8 Å². The number of amides is 1. The first kappa shape index (κ1) is 17.1. The molecule has 1 aromatic heterocycles. The molecule has 0 aliphatic heterocycles. The molecule has 0 radical (unpaired) electrons. The van der Waals surface area contributed by atoms with Crippen LogP contribution in [0.4, 0.5) is 5.69 Å². The van der Waals surface area contributed by atoms with Gasteiger partial charge in [-0.15, -0.1) is 0 Å². The molecule has 0 bridgehead atoms. The average Bonchev–Trinajstić information content (AvgIpc) is 2.55. The lowest BCUT2D eigenvalue weighted by molar-refractivity contribution is -0.605. The highest BCUT2D eigenvalue weighted by molar-refractivity contribution is 5.98. The molecule has 0 aliphatic carbocycles. The van der Waals surface area contributed by atoms with E-state index in [1.807, 2.05) is 0 Å². The van der Waals surface area contributed by atoms with Crippen molar-refractivity contribution in [1.82, 2.24) is 0 Å². The summed E-state index contributed by atoms with van der Waals surface area (Å²) in [5, 5.41) is 13.5. The molecule has 0 unspecified atom stereocenters. The second-order valence-electron chi connectivity index (χ2n) is 5.12. The number of hydrogen-bond donors (Lipinski definition) is 1. The number of rotatable bonds is 5. The Balaban J connectivity index is 1.95. The summed E-state index contributed by atoms with van der Waals surface area (Å²) in [6, 6.07) is 8.98. The first-order valence-corrected chi connectivity index (χ1v) is 7.18. The molecule has 1 amide bonds. The van der Waals surface area contributed by atoms with Crippen molar-refractivity contribution in [3.8, 4) is 0 Å². The average molecular weight is 328 g/mol. The first-order chi connectivity index (χ1) is 11.4. The predicted octanol–water partition coefficient (Wildman–Crippen LogP) is 1.71. The van der Waals surface area contributed by atoms with Gasteiger partial charge in [-0.1, -0.05) is 0 Å². The van der Waals surface area contributed by atoms with Gasteiger partial charge in [-0.25, -0.2) is 4.79 Å². The second-order valence-corrected chi connectivity index (χ2v) is 5.12. The molecule has 0 fully saturated rings. The third-order valence-electron chi connectivity index (χ3n) is 3.25. The molecule has 2 aromatic rings. The Bertz CT molecular complexity index is 754. The molecule has 1 heterocycles. The van der Waals surface area contributed by atoms with Crippen molar-refractivity contribution in [3.05, 3.63) is 65.1 Å². The van der Waals surface area contributed by atoms with Crippen LogP contribution < -0.4 is 10.0 Å². The normalized spacial score (nSPS) is 11.4. The number of anilines is 1. The number of hydrogen-bond acceptors (Lipinski definition) is 5. The molecule has 0 aliphatic rings. The summed E-state index contributed by atoms with van der Waals surface area (Å²) in [6.45, 7) is 2.89. The van der Waals surface area contributed by atoms with E-state index in [1.165, 1.54) is 26.0 Å². The summed E-state index contributed by atoms with van der Waals surface area (Å²) in [7, 11) is 0. The second kappa shape index (κ2) is 7.36. The van der Waals surface area contributed by atoms with E-state index < -0.39 is 18.0 Å². The molecule has 0 spiro atoms. The molecule has 1 aromatic carbocycles. The van der Waals surface area contributed by atoms with Crippen molar-refractivity contribution in [3.63, 3.8) is 0 Å². The van der Waals surface area contributed by atoms with Crippen molar-refractivity contribution < 1.29 is 23.9 Å². The molecule has 24 heavy (non-hydrogen) atoms. The van der Waals surface area contributed by atoms with Gasteiger partial charge in [0.05, 0.1) is 5.56 Å². The summed E-state index contributed by atoms with van der Waals surface area (Å²) in [5.41, 5.74) is 1.19. The monoisotopic (exact) mass is 328 g/mol. The summed E-state index contributed by atoms with van der Waals surface area (Å²) in [5.74, 6) is -1.28. The molecule has 7 heteroatoms. The summed E-state index contributed by atoms with van der Waals surface area (Å²) in [6.07, 6.45) is 1.31. The Hall–Kier alpha value is -3.22. The van der Waals surface area contributed by atoms with Gasteiger partial charge >= 0.3 is 5.97 Å². The molecule has 124 valence electrons. The number of carbonyl (C=O) groups excluding carboxylic acids is 3. The Morgan fingerprint density at radius 1 is 1.04 bits per heavy atom. The first-order valence-electron chi connectivity index (χ1n) is 7.18. The molecule has 2 rings (SSSR count). The van der Waals surface area contributed by atoms with Gasteiger partial charge in [0.2, 0.25) is 0 Å². The number of aromatic nitrogens is 1. The fourth-order valence-electron chi connectivity index (χ4n) is 1.86. The Morgan fingerprint density at radius 3 is 2.17 bits per heavy atom. The maximum atomic E-state index is 12.0. The summed E-state index contributed by atoms with van der Waals surface area (Å²) >= 11 is 0. The van der Waals surface area contributed by atoms with Gasteiger partial charge in [0, 0.05) is 23.4 Å². The van der Waals surface area contributed by atoms with Crippen molar-refractivity contribution >= 4 is 23.3 Å². The van der Waals surface area contributed by atoms with E-state index in [4.69, 9.17) is 4.74 Å². The molecular weight excluding hydrogens is 312 g/mol. The summed E-state index contributed by atoms with van der Waals surface area (Å²) in [4.78, 5) is 35.1. The Morgan fingerprint density at radius 2 is 1.62 bits per heavy atom. The highest BCUT2D eigenvalue weighted by Crippen LogP contribution is 2.11. The minimum Gasteiger partial charge on any atom is -0.619 e. The maximum absolute atomic E-state index is 12.0. The van der Waals surface area contributed by atoms with E-state index in [0.717, 1.165) is 12.4 Å². The largest absolute Gasteiger partial charge is 0.619 e. The maximum Gasteiger partial charge on any atom is 0.339 e. The van der Waals surface area contributed by atoms with Crippen LogP contribution in [0.5, 0.6) is 0 Å². The van der Waals surface area contributed by atoms with Crippen molar-refractivity contribution in [1.29, 1.82) is 0 Å². The zero-order valence-corrected chi connectivity index (χ0v) is 13.2. The minimum atomic E-state index is -1.02. The van der Waals surface area contributed by atoms with Crippen LogP contribution in [-0.4, -0.2) is 23.8 Å². The molecule has 7 nitrogen and oxygen atoms in total. The standard InChI is InChI=1S/C17H16N2O5/c1-11(20)13-3-5-15(6-4-13)18-16(21)12(2)24-17(22)14-7-9-19(23)10-8-14/h3-10,12H,1-2H3,(H,18,21)/t12-/m0/s1. The SMILES string of the molecule is CC(=O)c1ccc(NC(=O)[C@H](C)OC(=O)c2cc[n+]([O-])cc2)cc1. The van der Waals surface area contributed by atoms with Crippen LogP contribution in [0.25, 0.3) is 0 Å². The lowest BCUT2D eigenvalue weighted by Crippen LogP contribution is -2.30. The van der Waals surface area contributed by atoms with Crippen LogP contribution in [-0.2, 0) is 9.53 Å². The Labute approximate surface area is 138 Å². The van der Waals surface area contributed by atoms with Gasteiger partial charge < -0.3 is 15.3 Å². The molecule has 1 N–H and O–H groups in total. The number of nitrogens with zero attached hydrogens (tertiary/aromatic N) is 1. The number of esters is 1. The van der Waals surface area contributed by atoms with E-state index in [-0.39, 0.29) is 11.3 Å². The topological polar surface area (TPSA) is 99.4 Å². The van der Waals surface area contributed by atoms with E-state index in [2.05, 4.69) is 5.32 Å². The van der Waals surface area contributed by atoms with Gasteiger partial charge in [-0.3, -0.25) is 9.59 Å².